The molecule has 1 aliphatic heterocycles. The van der Waals surface area contributed by atoms with Crippen LogP contribution in [0.1, 0.15) is 35.0 Å². The largest absolute Gasteiger partial charge is 0.391 e. The first-order chi connectivity index (χ1) is 16.2. The van der Waals surface area contributed by atoms with Crippen molar-refractivity contribution < 1.29 is 18.0 Å². The molecule has 1 aromatic carbocycles. The molecule has 1 saturated heterocycles. The van der Waals surface area contributed by atoms with Gasteiger partial charge >= 0.3 is 6.18 Å². The van der Waals surface area contributed by atoms with Crippen LogP contribution >= 0.6 is 11.3 Å². The number of fused-ring (bicyclic) bond motifs is 1. The molecule has 184 valence electrons. The molecule has 1 amide bonds. The first-order valence-electron chi connectivity index (χ1n) is 11.5. The number of benzene rings is 1. The summed E-state index contributed by atoms with van der Waals surface area (Å²) in [5, 5.41) is 4.81. The lowest BCUT2D eigenvalue weighted by molar-refractivity contribution is -0.171. The minimum Gasteiger partial charge on any atom is -0.361 e. The van der Waals surface area contributed by atoms with Gasteiger partial charge in [-0.05, 0) is 37.9 Å². The van der Waals surface area contributed by atoms with Crippen LogP contribution in [0.2, 0.25) is 0 Å². The highest BCUT2D eigenvalue weighted by molar-refractivity contribution is 7.17. The number of anilines is 1. The molecule has 2 unspecified atom stereocenters. The Kier molecular flexibility index (Phi) is 7.47. The molecule has 1 aliphatic rings. The van der Waals surface area contributed by atoms with Crippen LogP contribution in [-0.2, 0) is 6.42 Å². The van der Waals surface area contributed by atoms with Gasteiger partial charge in [-0.2, -0.15) is 13.2 Å². The predicted molar refractivity (Wildman–Crippen MR) is 130 cm³/mol. The van der Waals surface area contributed by atoms with Gasteiger partial charge in [-0.25, -0.2) is 4.98 Å². The van der Waals surface area contributed by atoms with Gasteiger partial charge in [0.1, 0.15) is 4.88 Å². The second kappa shape index (κ2) is 10.4. The van der Waals surface area contributed by atoms with Gasteiger partial charge < -0.3 is 20.1 Å². The van der Waals surface area contributed by atoms with Gasteiger partial charge in [0.15, 0.2) is 5.13 Å². The topological polar surface area (TPSA) is 64.3 Å². The molecule has 0 spiro atoms. The number of alkyl halides is 3. The number of hydrogen-bond acceptors (Lipinski definition) is 5. The number of carbonyl (C=O) groups excluding carboxylic acids is 1. The number of halogens is 3. The third-order valence-electron chi connectivity index (χ3n) is 6.47. The maximum Gasteiger partial charge on any atom is 0.391 e. The monoisotopic (exact) mass is 493 g/mol. The molecule has 2 aromatic heterocycles. The zero-order valence-corrected chi connectivity index (χ0v) is 20.2. The number of carbonyl (C=O) groups is 1. The molecule has 34 heavy (non-hydrogen) atoms. The lowest BCUT2D eigenvalue weighted by Gasteiger charge is -2.32. The first-order valence-corrected chi connectivity index (χ1v) is 12.3. The van der Waals surface area contributed by atoms with Gasteiger partial charge in [0.25, 0.3) is 5.91 Å². The minimum absolute atomic E-state index is 0.0496. The smallest absolute Gasteiger partial charge is 0.361 e. The van der Waals surface area contributed by atoms with Crippen LogP contribution in [0.3, 0.4) is 0 Å². The summed E-state index contributed by atoms with van der Waals surface area (Å²) < 4.78 is 39.3. The number of nitrogens with zero attached hydrogens (tertiary/aromatic N) is 3. The van der Waals surface area contributed by atoms with E-state index in [0.717, 1.165) is 47.8 Å². The van der Waals surface area contributed by atoms with E-state index in [1.165, 1.54) is 18.3 Å². The van der Waals surface area contributed by atoms with Gasteiger partial charge in [0.2, 0.25) is 0 Å². The third kappa shape index (κ3) is 5.90. The van der Waals surface area contributed by atoms with Crippen molar-refractivity contribution in [3.63, 3.8) is 0 Å². The number of aromatic amines is 1. The summed E-state index contributed by atoms with van der Waals surface area (Å²) >= 11 is 1.33. The molecule has 6 nitrogen and oxygen atoms in total. The summed E-state index contributed by atoms with van der Waals surface area (Å²) in [6.07, 6.45) is -0.180. The van der Waals surface area contributed by atoms with E-state index in [1.807, 2.05) is 30.5 Å². The average Bonchev–Trinajstić information content (AvgIpc) is 3.45. The van der Waals surface area contributed by atoms with E-state index in [2.05, 4.69) is 32.1 Å². The summed E-state index contributed by atoms with van der Waals surface area (Å²) in [5.41, 5.74) is 1.94. The molecular weight excluding hydrogens is 463 g/mol. The number of H-pyrrole nitrogens is 1. The van der Waals surface area contributed by atoms with E-state index < -0.39 is 18.1 Å². The SMILES string of the molecule is CC(CCC(Cc1c[nH]c2ccccc12)NC(=O)c1cnc(N2CCN(C)CC2)s1)C(F)(F)F. The van der Waals surface area contributed by atoms with Gasteiger partial charge in [-0.1, -0.05) is 36.5 Å². The highest BCUT2D eigenvalue weighted by Gasteiger charge is 2.36. The highest BCUT2D eigenvalue weighted by atomic mass is 32.1. The number of aromatic nitrogens is 2. The maximum absolute atomic E-state index is 13.1. The molecule has 0 saturated carbocycles. The number of amides is 1. The molecule has 3 aromatic rings. The van der Waals surface area contributed by atoms with Crippen LogP contribution in [0.25, 0.3) is 10.9 Å². The summed E-state index contributed by atoms with van der Waals surface area (Å²) in [6, 6.07) is 7.36. The fourth-order valence-corrected chi connectivity index (χ4v) is 5.05. The van der Waals surface area contributed by atoms with E-state index in [0.29, 0.717) is 11.3 Å². The summed E-state index contributed by atoms with van der Waals surface area (Å²) in [7, 11) is 2.07. The molecule has 2 N–H and O–H groups in total. The fourth-order valence-electron chi connectivity index (χ4n) is 4.18. The van der Waals surface area contributed by atoms with Gasteiger partial charge in [-0.15, -0.1) is 0 Å². The Balaban J connectivity index is 1.46. The van der Waals surface area contributed by atoms with E-state index in [1.54, 1.807) is 6.20 Å². The van der Waals surface area contributed by atoms with Crippen molar-refractivity contribution in [2.24, 2.45) is 5.92 Å². The Hall–Kier alpha value is -2.59. The molecule has 0 bridgehead atoms. The van der Waals surface area contributed by atoms with Crippen molar-refractivity contribution in [2.75, 3.05) is 38.1 Å². The molecule has 0 radical (unpaired) electrons. The molecule has 0 aliphatic carbocycles. The Morgan fingerprint density at radius 3 is 2.68 bits per heavy atom. The lowest BCUT2D eigenvalue weighted by Crippen LogP contribution is -2.44. The van der Waals surface area contributed by atoms with Crippen LogP contribution in [0, 0.1) is 5.92 Å². The van der Waals surface area contributed by atoms with Crippen molar-refractivity contribution in [3.05, 3.63) is 47.1 Å². The minimum atomic E-state index is -4.25. The van der Waals surface area contributed by atoms with Crippen molar-refractivity contribution in [2.45, 2.75) is 38.4 Å². The zero-order valence-electron chi connectivity index (χ0n) is 19.4. The standard InChI is InChI=1S/C24H30F3N5OS/c1-16(24(25,26)27)7-8-18(13-17-14-28-20-6-4-3-5-19(17)20)30-22(33)21-15-29-23(34-21)32-11-9-31(2)10-12-32/h3-6,14-16,18,28H,7-13H2,1-2H3,(H,30,33). The van der Waals surface area contributed by atoms with E-state index >= 15 is 0 Å². The summed E-state index contributed by atoms with van der Waals surface area (Å²) in [6.45, 7) is 4.76. The number of hydrogen-bond donors (Lipinski definition) is 2. The van der Waals surface area contributed by atoms with Crippen molar-refractivity contribution in [1.82, 2.24) is 20.2 Å². The molecular formula is C24H30F3N5OS. The molecule has 2 atom stereocenters. The van der Waals surface area contributed by atoms with Crippen molar-refractivity contribution in [3.8, 4) is 0 Å². The number of piperazine rings is 1. The van der Waals surface area contributed by atoms with Gasteiger partial charge in [-0.3, -0.25) is 4.79 Å². The second-order valence-corrected chi connectivity index (χ2v) is 10.1. The van der Waals surface area contributed by atoms with E-state index in [-0.39, 0.29) is 18.7 Å². The number of rotatable bonds is 8. The molecule has 4 rings (SSSR count). The Labute approximate surface area is 201 Å². The fraction of sp³-hybridized carbons (Fsp3) is 0.500. The molecule has 10 heteroatoms. The predicted octanol–water partition coefficient (Wildman–Crippen LogP) is 4.70. The normalized spacial score (nSPS) is 17.1. The Bertz CT molecular complexity index is 1100. The maximum atomic E-state index is 13.1. The lowest BCUT2D eigenvalue weighted by atomic mass is 9.96. The van der Waals surface area contributed by atoms with Crippen molar-refractivity contribution >= 4 is 33.3 Å². The quantitative estimate of drug-likeness (QED) is 0.478. The summed E-state index contributed by atoms with van der Waals surface area (Å²) in [4.78, 5) is 25.5. The van der Waals surface area contributed by atoms with Gasteiger partial charge in [0, 0.05) is 49.3 Å². The van der Waals surface area contributed by atoms with Gasteiger partial charge in [0.05, 0.1) is 12.1 Å². The Morgan fingerprint density at radius 2 is 1.94 bits per heavy atom. The van der Waals surface area contributed by atoms with Crippen LogP contribution in [0.5, 0.6) is 0 Å². The Morgan fingerprint density at radius 1 is 1.21 bits per heavy atom. The van der Waals surface area contributed by atoms with Crippen LogP contribution < -0.4 is 10.2 Å². The molecule has 3 heterocycles. The van der Waals surface area contributed by atoms with Crippen LogP contribution in [0.4, 0.5) is 18.3 Å². The number of likely N-dealkylation sites (N-methyl/N-ethyl adjacent to an activating group) is 1. The van der Waals surface area contributed by atoms with Crippen LogP contribution in [-0.4, -0.2) is 66.2 Å². The second-order valence-electron chi connectivity index (χ2n) is 9.05. The molecule has 1 fully saturated rings. The third-order valence-corrected chi connectivity index (χ3v) is 7.53. The van der Waals surface area contributed by atoms with Crippen LogP contribution in [0.15, 0.2) is 36.7 Å². The number of nitrogens with one attached hydrogen (secondary N) is 2. The summed E-state index contributed by atoms with van der Waals surface area (Å²) in [5.74, 6) is -1.72. The van der Waals surface area contributed by atoms with E-state index in [9.17, 15) is 18.0 Å². The average molecular weight is 494 g/mol. The number of para-hydroxylation sites is 1. The van der Waals surface area contributed by atoms with Crippen molar-refractivity contribution in [1.29, 1.82) is 0 Å². The first kappa shape index (κ1) is 24.5. The number of thiazole rings is 1. The highest BCUT2D eigenvalue weighted by Crippen LogP contribution is 2.30. The van der Waals surface area contributed by atoms with E-state index in [4.69, 9.17) is 0 Å². The zero-order chi connectivity index (χ0) is 24.3.